The lowest BCUT2D eigenvalue weighted by Gasteiger charge is -2.37. The fourth-order valence-corrected chi connectivity index (χ4v) is 4.19. The molecule has 1 atom stereocenters. The van der Waals surface area contributed by atoms with Crippen molar-refractivity contribution in [2.45, 2.75) is 25.4 Å². The maximum atomic E-state index is 11.7. The molecule has 29 heavy (non-hydrogen) atoms. The molecule has 2 heterocycles. The van der Waals surface area contributed by atoms with Crippen LogP contribution in [0.2, 0.25) is 0 Å². The number of aromatic nitrogens is 1. The van der Waals surface area contributed by atoms with Gasteiger partial charge < -0.3 is 14.6 Å². The second-order valence-corrected chi connectivity index (χ2v) is 7.23. The van der Waals surface area contributed by atoms with Crippen LogP contribution in [-0.4, -0.2) is 41.7 Å². The first-order valence-corrected chi connectivity index (χ1v) is 9.64. The maximum absolute atomic E-state index is 11.7. The molecule has 0 saturated carbocycles. The number of para-hydroxylation sites is 1. The number of hydrogen-bond acceptors (Lipinski definition) is 5. The molecule has 3 aromatic rings. The third-order valence-electron chi connectivity index (χ3n) is 5.57. The number of ether oxygens (including phenoxy) is 2. The van der Waals surface area contributed by atoms with Crippen molar-refractivity contribution in [3.05, 3.63) is 65.4 Å². The molecule has 0 fully saturated rings. The van der Waals surface area contributed by atoms with Gasteiger partial charge in [-0.1, -0.05) is 24.3 Å². The number of carboxylic acids is 1. The van der Waals surface area contributed by atoms with Gasteiger partial charge in [0, 0.05) is 30.7 Å². The summed E-state index contributed by atoms with van der Waals surface area (Å²) in [5, 5.41) is 10.7. The summed E-state index contributed by atoms with van der Waals surface area (Å²) in [7, 11) is 3.21. The number of aliphatic carboxylic acids is 1. The molecule has 0 saturated heterocycles. The Morgan fingerprint density at radius 3 is 2.69 bits per heavy atom. The SMILES string of the molecule is COc1cc2c(cc1OC)C(CC(=O)O)N(Cc1cccc3cccnc13)CC2. The molecule has 6 heteroatoms. The Morgan fingerprint density at radius 2 is 1.93 bits per heavy atom. The van der Waals surface area contributed by atoms with Crippen molar-refractivity contribution in [2.75, 3.05) is 20.8 Å². The molecule has 1 unspecified atom stereocenters. The van der Waals surface area contributed by atoms with Gasteiger partial charge in [0.2, 0.25) is 0 Å². The topological polar surface area (TPSA) is 71.9 Å². The van der Waals surface area contributed by atoms with E-state index in [0.29, 0.717) is 18.0 Å². The molecule has 1 aromatic heterocycles. The average molecular weight is 392 g/mol. The molecule has 1 aliphatic rings. The second-order valence-electron chi connectivity index (χ2n) is 7.23. The molecular formula is C23H24N2O4. The van der Waals surface area contributed by atoms with Gasteiger partial charge in [0.1, 0.15) is 0 Å². The van der Waals surface area contributed by atoms with Crippen LogP contribution >= 0.6 is 0 Å². The molecule has 1 aliphatic heterocycles. The first-order chi connectivity index (χ1) is 14.1. The third kappa shape index (κ3) is 3.76. The van der Waals surface area contributed by atoms with Gasteiger partial charge in [-0.05, 0) is 41.3 Å². The molecule has 0 aliphatic carbocycles. The maximum Gasteiger partial charge on any atom is 0.305 e. The van der Waals surface area contributed by atoms with E-state index in [-0.39, 0.29) is 12.5 Å². The molecule has 6 nitrogen and oxygen atoms in total. The van der Waals surface area contributed by atoms with Gasteiger partial charge in [0.25, 0.3) is 0 Å². The fourth-order valence-electron chi connectivity index (χ4n) is 4.19. The van der Waals surface area contributed by atoms with Crippen LogP contribution in [0.1, 0.15) is 29.2 Å². The summed E-state index contributed by atoms with van der Waals surface area (Å²) in [6.45, 7) is 1.41. The minimum Gasteiger partial charge on any atom is -0.493 e. The standard InChI is InChI=1S/C23H24N2O4/c1-28-20-11-16-8-10-25(19(13-22(26)27)18(16)12-21(20)29-2)14-17-6-3-5-15-7-4-9-24-23(15)17/h3-7,9,11-12,19H,8,10,13-14H2,1-2H3,(H,26,27). The Morgan fingerprint density at radius 1 is 1.17 bits per heavy atom. The van der Waals surface area contributed by atoms with E-state index in [1.54, 1.807) is 20.4 Å². The van der Waals surface area contributed by atoms with Gasteiger partial charge in [-0.2, -0.15) is 0 Å². The zero-order chi connectivity index (χ0) is 20.4. The highest BCUT2D eigenvalue weighted by atomic mass is 16.5. The predicted octanol–water partition coefficient (Wildman–Crippen LogP) is 3.83. The van der Waals surface area contributed by atoms with Crippen LogP contribution in [-0.2, 0) is 17.8 Å². The molecule has 0 spiro atoms. The molecule has 0 radical (unpaired) electrons. The highest BCUT2D eigenvalue weighted by Gasteiger charge is 2.31. The van der Waals surface area contributed by atoms with E-state index in [9.17, 15) is 9.90 Å². The van der Waals surface area contributed by atoms with E-state index in [1.165, 1.54) is 0 Å². The summed E-state index contributed by atoms with van der Waals surface area (Å²) in [6, 6.07) is 13.8. The lowest BCUT2D eigenvalue weighted by Crippen LogP contribution is -2.36. The van der Waals surface area contributed by atoms with Gasteiger partial charge in [0.15, 0.2) is 11.5 Å². The number of carboxylic acid groups (broad SMARTS) is 1. The molecule has 1 N–H and O–H groups in total. The number of nitrogens with zero attached hydrogens (tertiary/aromatic N) is 2. The highest BCUT2D eigenvalue weighted by molar-refractivity contribution is 5.81. The van der Waals surface area contributed by atoms with Gasteiger partial charge >= 0.3 is 5.97 Å². The summed E-state index contributed by atoms with van der Waals surface area (Å²) in [4.78, 5) is 18.4. The van der Waals surface area contributed by atoms with E-state index >= 15 is 0 Å². The summed E-state index contributed by atoms with van der Waals surface area (Å²) in [5.41, 5.74) is 4.16. The Hall–Kier alpha value is -3.12. The van der Waals surface area contributed by atoms with Crippen LogP contribution < -0.4 is 9.47 Å². The molecule has 0 bridgehead atoms. The minimum absolute atomic E-state index is 0.0285. The minimum atomic E-state index is -0.821. The fraction of sp³-hybridized carbons (Fsp3) is 0.304. The summed E-state index contributed by atoms with van der Waals surface area (Å²) in [5.74, 6) is 0.473. The average Bonchev–Trinajstić information content (AvgIpc) is 2.74. The highest BCUT2D eigenvalue weighted by Crippen LogP contribution is 2.40. The Bertz CT molecular complexity index is 1040. The Labute approximate surface area is 169 Å². The van der Waals surface area contributed by atoms with E-state index in [2.05, 4.69) is 16.0 Å². The zero-order valence-corrected chi connectivity index (χ0v) is 16.6. The predicted molar refractivity (Wildman–Crippen MR) is 110 cm³/mol. The quantitative estimate of drug-likeness (QED) is 0.688. The van der Waals surface area contributed by atoms with Crippen molar-refractivity contribution in [3.8, 4) is 11.5 Å². The Kier molecular flexibility index (Phi) is 5.36. The van der Waals surface area contributed by atoms with Crippen LogP contribution in [0.25, 0.3) is 10.9 Å². The van der Waals surface area contributed by atoms with Gasteiger partial charge in [-0.3, -0.25) is 14.7 Å². The van der Waals surface area contributed by atoms with Crippen LogP contribution in [0.15, 0.2) is 48.7 Å². The van der Waals surface area contributed by atoms with Crippen LogP contribution in [0.3, 0.4) is 0 Å². The van der Waals surface area contributed by atoms with Crippen molar-refractivity contribution in [1.82, 2.24) is 9.88 Å². The van der Waals surface area contributed by atoms with Gasteiger partial charge in [-0.25, -0.2) is 0 Å². The van der Waals surface area contributed by atoms with Crippen molar-refractivity contribution in [2.24, 2.45) is 0 Å². The molecule has 2 aromatic carbocycles. The molecule has 4 rings (SSSR count). The van der Waals surface area contributed by atoms with Crippen LogP contribution in [0, 0.1) is 0 Å². The number of methoxy groups -OCH3 is 2. The summed E-state index contributed by atoms with van der Waals surface area (Å²) >= 11 is 0. The number of pyridine rings is 1. The van der Waals surface area contributed by atoms with E-state index in [0.717, 1.165) is 40.6 Å². The summed E-state index contributed by atoms with van der Waals surface area (Å²) in [6.07, 6.45) is 2.65. The first kappa shape index (κ1) is 19.2. The number of benzene rings is 2. The van der Waals surface area contributed by atoms with E-state index in [4.69, 9.17) is 9.47 Å². The second kappa shape index (κ2) is 8.09. The molecular weight excluding hydrogens is 368 g/mol. The zero-order valence-electron chi connectivity index (χ0n) is 16.6. The van der Waals surface area contributed by atoms with Crippen molar-refractivity contribution in [1.29, 1.82) is 0 Å². The molecule has 150 valence electrons. The lowest BCUT2D eigenvalue weighted by atomic mass is 9.89. The monoisotopic (exact) mass is 392 g/mol. The number of hydrogen-bond donors (Lipinski definition) is 1. The van der Waals surface area contributed by atoms with Gasteiger partial charge in [0.05, 0.1) is 26.2 Å². The largest absolute Gasteiger partial charge is 0.493 e. The third-order valence-corrected chi connectivity index (χ3v) is 5.57. The molecule has 0 amide bonds. The van der Waals surface area contributed by atoms with Crippen molar-refractivity contribution >= 4 is 16.9 Å². The normalized spacial score (nSPS) is 16.4. The number of rotatable bonds is 6. The number of carbonyl (C=O) groups is 1. The summed E-state index contributed by atoms with van der Waals surface area (Å²) < 4.78 is 10.9. The lowest BCUT2D eigenvalue weighted by molar-refractivity contribution is -0.138. The first-order valence-electron chi connectivity index (χ1n) is 9.64. The van der Waals surface area contributed by atoms with E-state index < -0.39 is 5.97 Å². The van der Waals surface area contributed by atoms with Gasteiger partial charge in [-0.15, -0.1) is 0 Å². The Balaban J connectivity index is 1.73. The van der Waals surface area contributed by atoms with Crippen molar-refractivity contribution in [3.63, 3.8) is 0 Å². The van der Waals surface area contributed by atoms with Crippen LogP contribution in [0.5, 0.6) is 11.5 Å². The van der Waals surface area contributed by atoms with Crippen molar-refractivity contribution < 1.29 is 19.4 Å². The van der Waals surface area contributed by atoms with E-state index in [1.807, 2.05) is 36.4 Å². The van der Waals surface area contributed by atoms with Crippen LogP contribution in [0.4, 0.5) is 0 Å². The smallest absolute Gasteiger partial charge is 0.305 e. The number of fused-ring (bicyclic) bond motifs is 2.